The van der Waals surface area contributed by atoms with Crippen molar-refractivity contribution in [2.75, 3.05) is 26.2 Å². The monoisotopic (exact) mass is 264 g/mol. The Balaban J connectivity index is 1.84. The molecule has 1 aliphatic heterocycles. The Bertz CT molecular complexity index is 459. The predicted octanol–water partition coefficient (Wildman–Crippen LogP) is 1.02. The second-order valence-corrected chi connectivity index (χ2v) is 4.48. The zero-order valence-corrected chi connectivity index (χ0v) is 10.6. The first-order chi connectivity index (χ1) is 9.15. The quantitative estimate of drug-likeness (QED) is 0.883. The van der Waals surface area contributed by atoms with Crippen molar-refractivity contribution in [2.24, 2.45) is 5.73 Å². The number of carbonyl (C=O) groups excluding carboxylic acids is 1. The van der Waals surface area contributed by atoms with Gasteiger partial charge in [0.2, 0.25) is 5.91 Å². The molecule has 5 heteroatoms. The fraction of sp³-hybridized carbons (Fsp3) is 0.357. The van der Waals surface area contributed by atoms with Gasteiger partial charge < -0.3 is 10.5 Å². The highest BCUT2D eigenvalue weighted by Crippen LogP contribution is 2.07. The lowest BCUT2D eigenvalue weighted by Crippen LogP contribution is -2.48. The zero-order chi connectivity index (χ0) is 13.7. The first-order valence-corrected chi connectivity index (χ1v) is 6.20. The van der Waals surface area contributed by atoms with Gasteiger partial charge >= 0.3 is 0 Å². The fourth-order valence-corrected chi connectivity index (χ4v) is 1.95. The van der Waals surface area contributed by atoms with Gasteiger partial charge in [-0.25, -0.2) is 4.39 Å². The third-order valence-electron chi connectivity index (χ3n) is 3.01. The maximum atomic E-state index is 12.7. The summed E-state index contributed by atoms with van der Waals surface area (Å²) in [6, 6.07) is 6.30. The predicted molar refractivity (Wildman–Crippen MR) is 70.8 cm³/mol. The maximum absolute atomic E-state index is 12.7. The highest BCUT2D eigenvalue weighted by Gasteiger charge is 2.23. The second kappa shape index (κ2) is 6.45. The van der Waals surface area contributed by atoms with Crippen LogP contribution in [0.2, 0.25) is 0 Å². The van der Waals surface area contributed by atoms with Crippen LogP contribution < -0.4 is 5.73 Å². The van der Waals surface area contributed by atoms with Crippen LogP contribution in [-0.2, 0) is 9.53 Å². The van der Waals surface area contributed by atoms with Crippen LogP contribution in [0, 0.1) is 5.82 Å². The standard InChI is InChI=1S/C14H17FN2O2/c15-12-5-3-11(4-6-12)2-1-7-17-8-9-19-13(10-17)14(16)18/h1-6,13H,7-10H2,(H2,16,18)/b2-1+/t13-/m1/s1. The van der Waals surface area contributed by atoms with Crippen LogP contribution in [0.5, 0.6) is 0 Å². The number of ether oxygens (including phenoxy) is 1. The van der Waals surface area contributed by atoms with E-state index in [1.54, 1.807) is 12.1 Å². The molecule has 1 saturated heterocycles. The van der Waals surface area contributed by atoms with Gasteiger partial charge in [-0.3, -0.25) is 9.69 Å². The lowest BCUT2D eigenvalue weighted by Gasteiger charge is -2.30. The van der Waals surface area contributed by atoms with Crippen molar-refractivity contribution in [3.63, 3.8) is 0 Å². The number of halogens is 1. The number of hydrogen-bond donors (Lipinski definition) is 1. The normalized spacial score (nSPS) is 20.8. The van der Waals surface area contributed by atoms with Crippen LogP contribution in [0.1, 0.15) is 5.56 Å². The van der Waals surface area contributed by atoms with Gasteiger partial charge in [0.15, 0.2) is 0 Å². The van der Waals surface area contributed by atoms with Crippen LogP contribution >= 0.6 is 0 Å². The van der Waals surface area contributed by atoms with Crippen molar-refractivity contribution >= 4 is 12.0 Å². The molecule has 1 amide bonds. The summed E-state index contributed by atoms with van der Waals surface area (Å²) in [6.07, 6.45) is 3.39. The molecule has 0 saturated carbocycles. The molecule has 1 aromatic rings. The van der Waals surface area contributed by atoms with E-state index in [9.17, 15) is 9.18 Å². The summed E-state index contributed by atoms with van der Waals surface area (Å²) in [6.45, 7) is 2.52. The molecule has 0 aromatic heterocycles. The van der Waals surface area contributed by atoms with E-state index < -0.39 is 12.0 Å². The molecular weight excluding hydrogens is 247 g/mol. The Morgan fingerprint density at radius 2 is 2.21 bits per heavy atom. The molecule has 19 heavy (non-hydrogen) atoms. The Kier molecular flexibility index (Phi) is 4.65. The molecule has 1 heterocycles. The van der Waals surface area contributed by atoms with Crippen LogP contribution in [0.25, 0.3) is 6.08 Å². The highest BCUT2D eigenvalue weighted by molar-refractivity contribution is 5.79. The summed E-state index contributed by atoms with van der Waals surface area (Å²) in [5, 5.41) is 0. The number of amides is 1. The smallest absolute Gasteiger partial charge is 0.247 e. The molecule has 0 spiro atoms. The number of hydrogen-bond acceptors (Lipinski definition) is 3. The number of primary amides is 1. The van der Waals surface area contributed by atoms with Gasteiger partial charge in [-0.15, -0.1) is 0 Å². The number of benzene rings is 1. The summed E-state index contributed by atoms with van der Waals surface area (Å²) < 4.78 is 18.0. The average molecular weight is 264 g/mol. The van der Waals surface area contributed by atoms with Crippen molar-refractivity contribution in [3.05, 3.63) is 41.7 Å². The molecular formula is C14H17FN2O2. The van der Waals surface area contributed by atoms with Crippen molar-refractivity contribution in [2.45, 2.75) is 6.10 Å². The largest absolute Gasteiger partial charge is 0.367 e. The van der Waals surface area contributed by atoms with Gasteiger partial charge in [0.05, 0.1) is 6.61 Å². The number of rotatable bonds is 4. The highest BCUT2D eigenvalue weighted by atomic mass is 19.1. The van der Waals surface area contributed by atoms with E-state index >= 15 is 0 Å². The zero-order valence-electron chi connectivity index (χ0n) is 10.6. The molecule has 102 valence electrons. The lowest BCUT2D eigenvalue weighted by atomic mass is 10.2. The van der Waals surface area contributed by atoms with E-state index in [-0.39, 0.29) is 5.82 Å². The second-order valence-electron chi connectivity index (χ2n) is 4.48. The Hall–Kier alpha value is -1.72. The average Bonchev–Trinajstić information content (AvgIpc) is 2.41. The minimum atomic E-state index is -0.520. The van der Waals surface area contributed by atoms with E-state index in [1.807, 2.05) is 12.2 Å². The molecule has 1 fully saturated rings. The SMILES string of the molecule is NC(=O)[C@H]1CN(C/C=C/c2ccc(F)cc2)CCO1. The molecule has 0 unspecified atom stereocenters. The molecule has 1 atom stereocenters. The first kappa shape index (κ1) is 13.7. The van der Waals surface area contributed by atoms with Crippen LogP contribution in [-0.4, -0.2) is 43.2 Å². The van der Waals surface area contributed by atoms with Gasteiger partial charge in [0, 0.05) is 19.6 Å². The lowest BCUT2D eigenvalue weighted by molar-refractivity contribution is -0.134. The van der Waals surface area contributed by atoms with E-state index in [2.05, 4.69) is 4.90 Å². The van der Waals surface area contributed by atoms with E-state index in [4.69, 9.17) is 10.5 Å². The molecule has 2 rings (SSSR count). The van der Waals surface area contributed by atoms with Gasteiger partial charge in [-0.2, -0.15) is 0 Å². The summed E-state index contributed by atoms with van der Waals surface area (Å²) in [5.74, 6) is -0.665. The van der Waals surface area contributed by atoms with E-state index in [0.29, 0.717) is 19.7 Å². The number of nitrogens with zero attached hydrogens (tertiary/aromatic N) is 1. The topological polar surface area (TPSA) is 55.6 Å². The Morgan fingerprint density at radius 3 is 2.89 bits per heavy atom. The molecule has 2 N–H and O–H groups in total. The molecule has 0 radical (unpaired) electrons. The maximum Gasteiger partial charge on any atom is 0.247 e. The van der Waals surface area contributed by atoms with Crippen molar-refractivity contribution < 1.29 is 13.9 Å². The van der Waals surface area contributed by atoms with Gasteiger partial charge in [0.1, 0.15) is 11.9 Å². The number of nitrogens with two attached hydrogens (primary N) is 1. The van der Waals surface area contributed by atoms with Gasteiger partial charge in [-0.1, -0.05) is 24.3 Å². The molecule has 4 nitrogen and oxygen atoms in total. The third-order valence-corrected chi connectivity index (χ3v) is 3.01. The third kappa shape index (κ3) is 4.15. The summed E-state index contributed by atoms with van der Waals surface area (Å²) in [7, 11) is 0. The Labute approximate surface area is 111 Å². The van der Waals surface area contributed by atoms with Crippen molar-refractivity contribution in [3.8, 4) is 0 Å². The number of morpholine rings is 1. The molecule has 0 aliphatic carbocycles. The Morgan fingerprint density at radius 1 is 1.47 bits per heavy atom. The summed E-state index contributed by atoms with van der Waals surface area (Å²) in [4.78, 5) is 13.1. The van der Waals surface area contributed by atoms with Crippen molar-refractivity contribution in [1.29, 1.82) is 0 Å². The van der Waals surface area contributed by atoms with Gasteiger partial charge in [0.25, 0.3) is 0 Å². The fourth-order valence-electron chi connectivity index (χ4n) is 1.95. The molecule has 1 aromatic carbocycles. The van der Waals surface area contributed by atoms with E-state index in [0.717, 1.165) is 12.1 Å². The van der Waals surface area contributed by atoms with Crippen molar-refractivity contribution in [1.82, 2.24) is 4.90 Å². The molecule has 0 bridgehead atoms. The van der Waals surface area contributed by atoms with Crippen LogP contribution in [0.4, 0.5) is 4.39 Å². The summed E-state index contributed by atoms with van der Waals surface area (Å²) >= 11 is 0. The first-order valence-electron chi connectivity index (χ1n) is 6.20. The summed E-state index contributed by atoms with van der Waals surface area (Å²) in [5.41, 5.74) is 6.16. The minimum absolute atomic E-state index is 0.241. The molecule has 1 aliphatic rings. The minimum Gasteiger partial charge on any atom is -0.367 e. The number of carbonyl (C=O) groups is 1. The van der Waals surface area contributed by atoms with E-state index in [1.165, 1.54) is 12.1 Å². The van der Waals surface area contributed by atoms with Crippen LogP contribution in [0.15, 0.2) is 30.3 Å². The van der Waals surface area contributed by atoms with Crippen LogP contribution in [0.3, 0.4) is 0 Å². The van der Waals surface area contributed by atoms with Gasteiger partial charge in [-0.05, 0) is 17.7 Å².